The van der Waals surface area contributed by atoms with Gasteiger partial charge in [-0.2, -0.15) is 0 Å². The Kier molecular flexibility index (Phi) is 4.16. The van der Waals surface area contributed by atoms with Gasteiger partial charge in [0, 0.05) is 0 Å². The molecule has 0 heterocycles. The lowest BCUT2D eigenvalue weighted by Gasteiger charge is -2.00. The van der Waals surface area contributed by atoms with Crippen molar-refractivity contribution in [2.24, 2.45) is 0 Å². The number of terminal acetylenes is 1. The largest absolute Gasteiger partial charge is 0.464 e. The fourth-order valence-electron chi connectivity index (χ4n) is 0.283. The molecule has 3 heteroatoms. The molecule has 0 aromatic carbocycles. The average molecular weight is 191 g/mol. The third kappa shape index (κ3) is 3.15. The number of esters is 1. The third-order valence-electron chi connectivity index (χ3n) is 0.640. The molecule has 0 N–H and O–H groups in total. The molecule has 0 saturated heterocycles. The highest BCUT2D eigenvalue weighted by molar-refractivity contribution is 9.10. The maximum atomic E-state index is 10.6. The van der Waals surface area contributed by atoms with E-state index in [4.69, 9.17) is 6.42 Å². The third-order valence-corrected chi connectivity index (χ3v) is 1.28. The standard InChI is InChI=1S/C6H7BrO2/c1-3-5(7)6(8)9-4-2/h1,5H,4H2,2H3. The maximum Gasteiger partial charge on any atom is 0.332 e. The van der Waals surface area contributed by atoms with Crippen LogP contribution in [0.3, 0.4) is 0 Å². The van der Waals surface area contributed by atoms with Crippen molar-refractivity contribution in [2.75, 3.05) is 6.61 Å². The molecular weight excluding hydrogens is 184 g/mol. The Morgan fingerprint density at radius 2 is 2.56 bits per heavy atom. The number of hydrogen-bond donors (Lipinski definition) is 0. The van der Waals surface area contributed by atoms with Gasteiger partial charge in [-0.1, -0.05) is 21.9 Å². The molecule has 0 aliphatic heterocycles. The summed E-state index contributed by atoms with van der Waals surface area (Å²) in [6, 6.07) is 0. The van der Waals surface area contributed by atoms with E-state index in [1.165, 1.54) is 0 Å². The minimum Gasteiger partial charge on any atom is -0.464 e. The van der Waals surface area contributed by atoms with E-state index in [-0.39, 0.29) is 0 Å². The molecule has 0 amide bonds. The second kappa shape index (κ2) is 4.39. The quantitative estimate of drug-likeness (QED) is 0.369. The van der Waals surface area contributed by atoms with Crippen LogP contribution in [0, 0.1) is 12.3 Å². The van der Waals surface area contributed by atoms with E-state index >= 15 is 0 Å². The van der Waals surface area contributed by atoms with Crippen molar-refractivity contribution >= 4 is 21.9 Å². The minimum absolute atomic E-state index is 0.364. The Bertz CT molecular complexity index is 136. The number of ether oxygens (including phenoxy) is 1. The summed E-state index contributed by atoms with van der Waals surface area (Å²) < 4.78 is 4.57. The van der Waals surface area contributed by atoms with Gasteiger partial charge in [-0.05, 0) is 6.92 Å². The van der Waals surface area contributed by atoms with Gasteiger partial charge >= 0.3 is 5.97 Å². The van der Waals surface area contributed by atoms with Crippen molar-refractivity contribution in [1.82, 2.24) is 0 Å². The second-order valence-electron chi connectivity index (χ2n) is 1.28. The highest BCUT2D eigenvalue weighted by atomic mass is 79.9. The number of hydrogen-bond acceptors (Lipinski definition) is 2. The highest BCUT2D eigenvalue weighted by Gasteiger charge is 2.10. The zero-order valence-electron chi connectivity index (χ0n) is 5.06. The van der Waals surface area contributed by atoms with Gasteiger partial charge in [-0.25, -0.2) is 4.79 Å². The van der Waals surface area contributed by atoms with Crippen LogP contribution >= 0.6 is 15.9 Å². The molecule has 50 valence electrons. The van der Waals surface area contributed by atoms with E-state index in [1.807, 2.05) is 0 Å². The number of carbonyl (C=O) groups excluding carboxylic acids is 1. The summed E-state index contributed by atoms with van der Waals surface area (Å²) in [6.45, 7) is 2.09. The lowest BCUT2D eigenvalue weighted by atomic mass is 10.5. The predicted octanol–water partition coefficient (Wildman–Crippen LogP) is 0.946. The Labute approximate surface area is 62.7 Å². The van der Waals surface area contributed by atoms with Crippen molar-refractivity contribution in [3.63, 3.8) is 0 Å². The summed E-state index contributed by atoms with van der Waals surface area (Å²) in [4.78, 5) is 9.96. The van der Waals surface area contributed by atoms with Crippen LogP contribution in [0.15, 0.2) is 0 Å². The Balaban J connectivity index is 3.63. The molecule has 1 unspecified atom stereocenters. The van der Waals surface area contributed by atoms with Crippen molar-refractivity contribution < 1.29 is 9.53 Å². The summed E-state index contributed by atoms with van der Waals surface area (Å²) in [5, 5.41) is 0. The smallest absolute Gasteiger partial charge is 0.332 e. The molecule has 2 nitrogen and oxygen atoms in total. The van der Waals surface area contributed by atoms with Gasteiger partial charge in [0.15, 0.2) is 4.83 Å². The number of halogens is 1. The highest BCUT2D eigenvalue weighted by Crippen LogP contribution is 1.98. The zero-order valence-corrected chi connectivity index (χ0v) is 6.64. The number of carbonyl (C=O) groups is 1. The van der Waals surface area contributed by atoms with E-state index in [0.29, 0.717) is 6.61 Å². The molecule has 0 saturated carbocycles. The molecule has 0 aliphatic carbocycles. The van der Waals surface area contributed by atoms with Crippen molar-refractivity contribution in [3.8, 4) is 12.3 Å². The molecule has 0 bridgehead atoms. The molecule has 0 rings (SSSR count). The Morgan fingerprint density at radius 3 is 2.89 bits per heavy atom. The topological polar surface area (TPSA) is 26.3 Å². The van der Waals surface area contributed by atoms with Gasteiger partial charge in [0.1, 0.15) is 0 Å². The first-order valence-electron chi connectivity index (χ1n) is 2.49. The van der Waals surface area contributed by atoms with Crippen molar-refractivity contribution in [2.45, 2.75) is 11.8 Å². The van der Waals surface area contributed by atoms with Crippen LogP contribution in [0.2, 0.25) is 0 Å². The van der Waals surface area contributed by atoms with Gasteiger partial charge in [-0.15, -0.1) is 6.42 Å². The normalized spacial score (nSPS) is 11.7. The number of rotatable bonds is 2. The van der Waals surface area contributed by atoms with Crippen LogP contribution in [0.1, 0.15) is 6.92 Å². The van der Waals surface area contributed by atoms with E-state index in [9.17, 15) is 4.79 Å². The van der Waals surface area contributed by atoms with E-state index < -0.39 is 10.8 Å². The molecule has 0 spiro atoms. The molecule has 9 heavy (non-hydrogen) atoms. The maximum absolute atomic E-state index is 10.6. The van der Waals surface area contributed by atoms with Crippen molar-refractivity contribution in [3.05, 3.63) is 0 Å². The van der Waals surface area contributed by atoms with Crippen LogP contribution < -0.4 is 0 Å². The van der Waals surface area contributed by atoms with Crippen molar-refractivity contribution in [1.29, 1.82) is 0 Å². The fraction of sp³-hybridized carbons (Fsp3) is 0.500. The van der Waals surface area contributed by atoms with Crippen LogP contribution in [0.4, 0.5) is 0 Å². The Morgan fingerprint density at radius 1 is 2.00 bits per heavy atom. The second-order valence-corrected chi connectivity index (χ2v) is 2.20. The SMILES string of the molecule is C#CC(Br)C(=O)OCC. The molecule has 0 radical (unpaired) electrons. The van der Waals surface area contributed by atoms with Crippen LogP contribution in [-0.4, -0.2) is 17.4 Å². The lowest BCUT2D eigenvalue weighted by molar-refractivity contribution is -0.141. The summed E-state index contributed by atoms with van der Waals surface area (Å²) >= 11 is 2.93. The molecule has 0 aromatic heterocycles. The monoisotopic (exact) mass is 190 g/mol. The van der Waals surface area contributed by atoms with Crippen LogP contribution in [0.5, 0.6) is 0 Å². The van der Waals surface area contributed by atoms with E-state index in [0.717, 1.165) is 0 Å². The van der Waals surface area contributed by atoms with Gasteiger partial charge < -0.3 is 4.74 Å². The molecular formula is C6H7BrO2. The van der Waals surface area contributed by atoms with E-state index in [1.54, 1.807) is 6.92 Å². The first kappa shape index (κ1) is 8.51. The fourth-order valence-corrected chi connectivity index (χ4v) is 0.416. The van der Waals surface area contributed by atoms with Gasteiger partial charge in [0.05, 0.1) is 6.61 Å². The minimum atomic E-state index is -0.600. The van der Waals surface area contributed by atoms with Crippen LogP contribution in [-0.2, 0) is 9.53 Å². The summed E-state index contributed by atoms with van der Waals surface area (Å²) in [5.74, 6) is 1.79. The van der Waals surface area contributed by atoms with Gasteiger partial charge in [-0.3, -0.25) is 0 Å². The lowest BCUT2D eigenvalue weighted by Crippen LogP contribution is -2.14. The first-order valence-corrected chi connectivity index (χ1v) is 3.40. The Hall–Kier alpha value is -0.490. The average Bonchev–Trinajstić information content (AvgIpc) is 1.87. The summed E-state index contributed by atoms with van der Waals surface area (Å²) in [7, 11) is 0. The van der Waals surface area contributed by atoms with Gasteiger partial charge in [0.2, 0.25) is 0 Å². The number of alkyl halides is 1. The first-order chi connectivity index (χ1) is 4.22. The van der Waals surface area contributed by atoms with E-state index in [2.05, 4.69) is 26.6 Å². The molecule has 1 atom stereocenters. The summed E-state index contributed by atoms with van der Waals surface area (Å²) in [6.07, 6.45) is 4.91. The molecule has 0 fully saturated rings. The molecule has 0 aliphatic rings. The zero-order chi connectivity index (χ0) is 7.28. The predicted molar refractivity (Wildman–Crippen MR) is 38.2 cm³/mol. The molecule has 0 aromatic rings. The van der Waals surface area contributed by atoms with Crippen LogP contribution in [0.25, 0.3) is 0 Å². The van der Waals surface area contributed by atoms with Gasteiger partial charge in [0.25, 0.3) is 0 Å². The summed E-state index contributed by atoms with van der Waals surface area (Å²) in [5.41, 5.74) is 0.